The van der Waals surface area contributed by atoms with Gasteiger partial charge >= 0.3 is 11.9 Å². The van der Waals surface area contributed by atoms with Crippen molar-refractivity contribution in [3.8, 4) is 0 Å². The van der Waals surface area contributed by atoms with Crippen LogP contribution in [0.15, 0.2) is 42.6 Å². The first kappa shape index (κ1) is 23.5. The molecule has 0 unspecified atom stereocenters. The van der Waals surface area contributed by atoms with Gasteiger partial charge in [0, 0.05) is 28.7 Å². The molecule has 1 aliphatic rings. The van der Waals surface area contributed by atoms with Crippen molar-refractivity contribution in [1.29, 1.82) is 0 Å². The maximum absolute atomic E-state index is 13.1. The smallest absolute Gasteiger partial charge is 0.337 e. The largest absolute Gasteiger partial charge is 0.465 e. The zero-order valence-corrected chi connectivity index (χ0v) is 19.3. The Morgan fingerprint density at radius 1 is 1.09 bits per heavy atom. The molecule has 0 saturated carbocycles. The number of esters is 2. The van der Waals surface area contributed by atoms with E-state index in [-0.39, 0.29) is 23.2 Å². The zero-order chi connectivity index (χ0) is 24.4. The fourth-order valence-corrected chi connectivity index (χ4v) is 4.18. The Balaban J connectivity index is 1.50. The van der Waals surface area contributed by atoms with E-state index in [9.17, 15) is 19.2 Å². The Morgan fingerprint density at radius 2 is 1.76 bits per heavy atom. The van der Waals surface area contributed by atoms with E-state index in [4.69, 9.17) is 21.1 Å². The quantitative estimate of drug-likeness (QED) is 0.392. The SMILES string of the molecule is COC(=O)c1cc(C(=O)OC)cc(N2C(=O)C[C@@H](NCCc3c[nH]c4ccc(Cl)cc34)C2=O)c1. The van der Waals surface area contributed by atoms with Gasteiger partial charge in [0.05, 0.1) is 43.5 Å². The van der Waals surface area contributed by atoms with Crippen LogP contribution in [-0.2, 0) is 25.5 Å². The highest BCUT2D eigenvalue weighted by Crippen LogP contribution is 2.27. The van der Waals surface area contributed by atoms with Crippen LogP contribution in [0.1, 0.15) is 32.7 Å². The number of methoxy groups -OCH3 is 2. The highest BCUT2D eigenvalue weighted by atomic mass is 35.5. The molecule has 34 heavy (non-hydrogen) atoms. The number of carbonyl (C=O) groups excluding carboxylic acids is 4. The number of H-pyrrole nitrogens is 1. The molecule has 1 fully saturated rings. The molecule has 1 atom stereocenters. The Morgan fingerprint density at radius 3 is 2.41 bits per heavy atom. The van der Waals surface area contributed by atoms with Gasteiger partial charge in [-0.15, -0.1) is 0 Å². The molecule has 176 valence electrons. The molecule has 0 bridgehead atoms. The first-order valence-electron chi connectivity index (χ1n) is 10.5. The van der Waals surface area contributed by atoms with Gasteiger partial charge in [0.2, 0.25) is 5.91 Å². The number of anilines is 1. The van der Waals surface area contributed by atoms with Crippen molar-refractivity contribution in [3.63, 3.8) is 0 Å². The van der Waals surface area contributed by atoms with Gasteiger partial charge < -0.3 is 19.8 Å². The number of nitrogens with one attached hydrogen (secondary N) is 2. The summed E-state index contributed by atoms with van der Waals surface area (Å²) in [5.74, 6) is -2.33. The lowest BCUT2D eigenvalue weighted by Gasteiger charge is -2.17. The average Bonchev–Trinajstić information content (AvgIpc) is 3.36. The maximum atomic E-state index is 13.1. The van der Waals surface area contributed by atoms with Gasteiger partial charge in [-0.2, -0.15) is 0 Å². The Kier molecular flexibility index (Phi) is 6.67. The molecule has 3 aromatic rings. The first-order chi connectivity index (χ1) is 16.3. The van der Waals surface area contributed by atoms with Crippen molar-refractivity contribution in [2.24, 2.45) is 0 Å². The molecule has 1 saturated heterocycles. The summed E-state index contributed by atoms with van der Waals surface area (Å²) < 4.78 is 9.44. The van der Waals surface area contributed by atoms with Crippen LogP contribution in [0, 0.1) is 0 Å². The minimum Gasteiger partial charge on any atom is -0.465 e. The Labute approximate surface area is 200 Å². The van der Waals surface area contributed by atoms with Crippen molar-refractivity contribution in [2.45, 2.75) is 18.9 Å². The lowest BCUT2D eigenvalue weighted by atomic mass is 10.1. The number of ether oxygens (including phenoxy) is 2. The van der Waals surface area contributed by atoms with Gasteiger partial charge in [0.25, 0.3) is 5.91 Å². The van der Waals surface area contributed by atoms with Crippen LogP contribution in [0.5, 0.6) is 0 Å². The number of fused-ring (bicyclic) bond motifs is 1. The summed E-state index contributed by atoms with van der Waals surface area (Å²) in [7, 11) is 2.39. The van der Waals surface area contributed by atoms with Crippen LogP contribution in [0.3, 0.4) is 0 Å². The molecular formula is C24H22ClN3O6. The summed E-state index contributed by atoms with van der Waals surface area (Å²) in [6, 6.07) is 8.82. The monoisotopic (exact) mass is 483 g/mol. The molecule has 2 amide bonds. The van der Waals surface area contributed by atoms with Crippen LogP contribution >= 0.6 is 11.6 Å². The number of imide groups is 1. The van der Waals surface area contributed by atoms with E-state index in [2.05, 4.69) is 10.3 Å². The number of hydrogen-bond acceptors (Lipinski definition) is 7. The molecule has 2 aromatic carbocycles. The first-order valence-corrected chi connectivity index (χ1v) is 10.9. The van der Waals surface area contributed by atoms with Crippen molar-refractivity contribution < 1.29 is 28.7 Å². The lowest BCUT2D eigenvalue weighted by molar-refractivity contribution is -0.121. The summed E-state index contributed by atoms with van der Waals surface area (Å²) in [5.41, 5.74) is 2.15. The number of hydrogen-bond donors (Lipinski definition) is 2. The second-order valence-corrected chi connectivity index (χ2v) is 8.22. The molecule has 10 heteroatoms. The summed E-state index contributed by atoms with van der Waals surface area (Å²) in [6.07, 6.45) is 2.46. The summed E-state index contributed by atoms with van der Waals surface area (Å²) in [5, 5.41) is 4.77. The van der Waals surface area contributed by atoms with Gasteiger partial charge in [-0.1, -0.05) is 11.6 Å². The summed E-state index contributed by atoms with van der Waals surface area (Å²) in [4.78, 5) is 54.0. The van der Waals surface area contributed by atoms with Gasteiger partial charge in [0.15, 0.2) is 0 Å². The second kappa shape index (κ2) is 9.66. The van der Waals surface area contributed by atoms with Crippen molar-refractivity contribution in [1.82, 2.24) is 10.3 Å². The predicted octanol–water partition coefficient (Wildman–Crippen LogP) is 2.86. The molecule has 1 aliphatic heterocycles. The number of nitrogens with zero attached hydrogens (tertiary/aromatic N) is 1. The minimum atomic E-state index is -0.732. The molecule has 9 nitrogen and oxygen atoms in total. The van der Waals surface area contributed by atoms with E-state index in [0.717, 1.165) is 21.4 Å². The molecule has 2 heterocycles. The molecule has 0 aliphatic carbocycles. The van der Waals surface area contributed by atoms with Crippen LogP contribution < -0.4 is 10.2 Å². The topological polar surface area (TPSA) is 118 Å². The number of rotatable bonds is 7. The van der Waals surface area contributed by atoms with Crippen molar-refractivity contribution in [3.05, 3.63) is 64.3 Å². The molecular weight excluding hydrogens is 462 g/mol. The maximum Gasteiger partial charge on any atom is 0.337 e. The normalized spacial score (nSPS) is 15.7. The number of amides is 2. The van der Waals surface area contributed by atoms with E-state index in [1.165, 1.54) is 32.4 Å². The van der Waals surface area contributed by atoms with Crippen molar-refractivity contribution in [2.75, 3.05) is 25.7 Å². The predicted molar refractivity (Wildman–Crippen MR) is 125 cm³/mol. The van der Waals surface area contributed by atoms with E-state index >= 15 is 0 Å². The van der Waals surface area contributed by atoms with E-state index in [1.54, 1.807) is 6.07 Å². The number of aromatic amines is 1. The van der Waals surface area contributed by atoms with E-state index < -0.39 is 29.8 Å². The lowest BCUT2D eigenvalue weighted by Crippen LogP contribution is -2.39. The van der Waals surface area contributed by atoms with Gasteiger partial charge in [-0.05, 0) is 48.4 Å². The van der Waals surface area contributed by atoms with Crippen LogP contribution in [-0.4, -0.2) is 55.5 Å². The second-order valence-electron chi connectivity index (χ2n) is 7.78. The van der Waals surface area contributed by atoms with Crippen LogP contribution in [0.4, 0.5) is 5.69 Å². The zero-order valence-electron chi connectivity index (χ0n) is 18.5. The summed E-state index contributed by atoms with van der Waals surface area (Å²) >= 11 is 6.10. The van der Waals surface area contributed by atoms with Gasteiger partial charge in [-0.25, -0.2) is 14.5 Å². The summed E-state index contributed by atoms with van der Waals surface area (Å²) in [6.45, 7) is 0.451. The highest BCUT2D eigenvalue weighted by Gasteiger charge is 2.39. The molecule has 4 rings (SSSR count). The fourth-order valence-electron chi connectivity index (χ4n) is 4.01. The average molecular weight is 484 g/mol. The fraction of sp³-hybridized carbons (Fsp3) is 0.250. The third kappa shape index (κ3) is 4.52. The van der Waals surface area contributed by atoms with Crippen LogP contribution in [0.2, 0.25) is 5.02 Å². The van der Waals surface area contributed by atoms with Crippen LogP contribution in [0.25, 0.3) is 10.9 Å². The number of halogens is 1. The van der Waals surface area contributed by atoms with Gasteiger partial charge in [0.1, 0.15) is 0 Å². The third-order valence-corrected chi connectivity index (χ3v) is 5.91. The third-order valence-electron chi connectivity index (χ3n) is 5.68. The standard InChI is InChI=1S/C24H22ClN3O6/c1-33-23(31)14-7-15(24(32)34-2)9-17(8-14)28-21(29)11-20(22(28)30)26-6-5-13-12-27-19-4-3-16(25)10-18(13)19/h3-4,7-10,12,20,26-27H,5-6,11H2,1-2H3/t20-/m1/s1. The number of aromatic nitrogens is 1. The number of carbonyl (C=O) groups is 4. The molecule has 1 aromatic heterocycles. The highest BCUT2D eigenvalue weighted by molar-refractivity contribution is 6.31. The molecule has 0 radical (unpaired) electrons. The molecule has 2 N–H and O–H groups in total. The Bertz CT molecular complexity index is 1270. The van der Waals surface area contributed by atoms with E-state index in [1.807, 2.05) is 18.3 Å². The Hall–Kier alpha value is -3.69. The number of benzene rings is 2. The van der Waals surface area contributed by atoms with E-state index in [0.29, 0.717) is 18.0 Å². The molecule has 0 spiro atoms. The minimum absolute atomic E-state index is 0.0235. The van der Waals surface area contributed by atoms with Gasteiger partial charge in [-0.3, -0.25) is 9.59 Å². The van der Waals surface area contributed by atoms with Crippen molar-refractivity contribution >= 4 is 51.9 Å².